The van der Waals surface area contributed by atoms with Crippen LogP contribution in [0.25, 0.3) is 0 Å². The molecule has 0 unspecified atom stereocenters. The summed E-state index contributed by atoms with van der Waals surface area (Å²) in [5.74, 6) is -0.806. The van der Waals surface area contributed by atoms with E-state index in [0.717, 1.165) is 16.9 Å². The highest BCUT2D eigenvalue weighted by Crippen LogP contribution is 2.32. The molecule has 1 aliphatic heterocycles. The van der Waals surface area contributed by atoms with Crippen molar-refractivity contribution in [3.05, 3.63) is 65.7 Å². The minimum absolute atomic E-state index is 0.322. The van der Waals surface area contributed by atoms with E-state index in [1.165, 1.54) is 0 Å². The van der Waals surface area contributed by atoms with E-state index >= 15 is 0 Å². The molecule has 4 amide bonds. The third-order valence-electron chi connectivity index (χ3n) is 4.95. The molecule has 140 valence electrons. The minimum atomic E-state index is -1.13. The number of nitrogens with zero attached hydrogens (tertiary/aromatic N) is 1. The molecule has 2 aromatic carbocycles. The Hall–Kier alpha value is -3.15. The van der Waals surface area contributed by atoms with Crippen LogP contribution in [-0.4, -0.2) is 29.3 Å². The van der Waals surface area contributed by atoms with Crippen LogP contribution in [0.1, 0.15) is 31.4 Å². The Kier molecular flexibility index (Phi) is 5.26. The molecule has 0 aliphatic carbocycles. The Morgan fingerprint density at radius 2 is 1.70 bits per heavy atom. The average Bonchev–Trinajstić information content (AvgIpc) is 2.94. The van der Waals surface area contributed by atoms with Crippen molar-refractivity contribution in [1.82, 2.24) is 10.2 Å². The molecule has 0 saturated carbocycles. The van der Waals surface area contributed by atoms with E-state index in [0.29, 0.717) is 17.7 Å². The zero-order chi connectivity index (χ0) is 19.4. The first-order chi connectivity index (χ1) is 13.0. The molecule has 0 bridgehead atoms. The Labute approximate surface area is 158 Å². The minimum Gasteiger partial charge on any atom is -0.324 e. The topological polar surface area (TPSA) is 78.5 Å². The molecule has 6 heteroatoms. The van der Waals surface area contributed by atoms with Crippen LogP contribution in [-0.2, 0) is 21.5 Å². The number of aryl methyl sites for hydroxylation is 1. The molecule has 3 rings (SSSR count). The van der Waals surface area contributed by atoms with Gasteiger partial charge in [-0.05, 0) is 30.0 Å². The standard InChI is InChI=1S/C21H23N3O3/c1-3-15-10-8-9-13-17(15)22-18(25)14-24-19(26)21(4-2,23-20(24)27)16-11-6-5-7-12-16/h5-13H,3-4,14H2,1-2H3,(H,22,25)(H,23,27)/t21-/m1/s1. The van der Waals surface area contributed by atoms with Crippen molar-refractivity contribution in [2.24, 2.45) is 0 Å². The summed E-state index contributed by atoms with van der Waals surface area (Å²) < 4.78 is 0. The number of imide groups is 1. The van der Waals surface area contributed by atoms with Gasteiger partial charge in [-0.3, -0.25) is 14.5 Å². The number of amides is 4. The quantitative estimate of drug-likeness (QED) is 0.773. The number of carbonyl (C=O) groups is 3. The molecular weight excluding hydrogens is 342 g/mol. The smallest absolute Gasteiger partial charge is 0.324 e. The van der Waals surface area contributed by atoms with Crippen molar-refractivity contribution >= 4 is 23.5 Å². The van der Waals surface area contributed by atoms with Gasteiger partial charge in [-0.2, -0.15) is 0 Å². The van der Waals surface area contributed by atoms with Gasteiger partial charge >= 0.3 is 6.03 Å². The second kappa shape index (κ2) is 7.61. The van der Waals surface area contributed by atoms with Crippen LogP contribution in [0.3, 0.4) is 0 Å². The van der Waals surface area contributed by atoms with E-state index < -0.39 is 23.4 Å². The van der Waals surface area contributed by atoms with E-state index in [4.69, 9.17) is 0 Å². The lowest BCUT2D eigenvalue weighted by Crippen LogP contribution is -2.44. The maximum atomic E-state index is 13.0. The van der Waals surface area contributed by atoms with Crippen LogP contribution < -0.4 is 10.6 Å². The van der Waals surface area contributed by atoms with Crippen molar-refractivity contribution in [2.75, 3.05) is 11.9 Å². The fourth-order valence-electron chi connectivity index (χ4n) is 3.42. The Morgan fingerprint density at radius 3 is 2.37 bits per heavy atom. The van der Waals surface area contributed by atoms with Gasteiger partial charge in [0, 0.05) is 5.69 Å². The molecule has 1 saturated heterocycles. The van der Waals surface area contributed by atoms with Crippen molar-refractivity contribution in [1.29, 1.82) is 0 Å². The molecule has 2 N–H and O–H groups in total. The van der Waals surface area contributed by atoms with E-state index in [9.17, 15) is 14.4 Å². The second-order valence-electron chi connectivity index (χ2n) is 6.51. The van der Waals surface area contributed by atoms with Gasteiger partial charge in [0.2, 0.25) is 5.91 Å². The summed E-state index contributed by atoms with van der Waals surface area (Å²) in [5.41, 5.74) is 1.28. The summed E-state index contributed by atoms with van der Waals surface area (Å²) in [6.07, 6.45) is 1.17. The predicted octanol–water partition coefficient (Wildman–Crippen LogP) is 3.04. The van der Waals surface area contributed by atoms with Crippen molar-refractivity contribution < 1.29 is 14.4 Å². The second-order valence-corrected chi connectivity index (χ2v) is 6.51. The molecular formula is C21H23N3O3. The number of rotatable bonds is 6. The molecule has 6 nitrogen and oxygen atoms in total. The predicted molar refractivity (Wildman–Crippen MR) is 103 cm³/mol. The first-order valence-electron chi connectivity index (χ1n) is 9.09. The Morgan fingerprint density at radius 1 is 1.04 bits per heavy atom. The highest BCUT2D eigenvalue weighted by Gasteiger charge is 2.51. The fourth-order valence-corrected chi connectivity index (χ4v) is 3.42. The van der Waals surface area contributed by atoms with Crippen LogP contribution in [0.15, 0.2) is 54.6 Å². The zero-order valence-electron chi connectivity index (χ0n) is 15.5. The summed E-state index contributed by atoms with van der Waals surface area (Å²) in [6.45, 7) is 3.52. The van der Waals surface area contributed by atoms with Gasteiger partial charge in [-0.1, -0.05) is 62.4 Å². The normalized spacial score (nSPS) is 19.1. The van der Waals surface area contributed by atoms with Gasteiger partial charge in [0.1, 0.15) is 12.1 Å². The monoisotopic (exact) mass is 365 g/mol. The number of para-hydroxylation sites is 1. The first kappa shape index (κ1) is 18.6. The van der Waals surface area contributed by atoms with Crippen molar-refractivity contribution in [2.45, 2.75) is 32.2 Å². The number of carbonyl (C=O) groups excluding carboxylic acids is 3. The zero-order valence-corrected chi connectivity index (χ0v) is 15.5. The lowest BCUT2D eigenvalue weighted by Gasteiger charge is -2.25. The average molecular weight is 365 g/mol. The Bertz CT molecular complexity index is 866. The maximum absolute atomic E-state index is 13.0. The first-order valence-corrected chi connectivity index (χ1v) is 9.09. The summed E-state index contributed by atoms with van der Waals surface area (Å²) in [4.78, 5) is 39.0. The van der Waals surface area contributed by atoms with Gasteiger partial charge in [-0.15, -0.1) is 0 Å². The lowest BCUT2D eigenvalue weighted by atomic mass is 9.87. The van der Waals surface area contributed by atoms with E-state index in [1.807, 2.05) is 68.4 Å². The number of benzene rings is 2. The lowest BCUT2D eigenvalue weighted by molar-refractivity contribution is -0.134. The molecule has 1 fully saturated rings. The van der Waals surface area contributed by atoms with Gasteiger partial charge in [0.05, 0.1) is 0 Å². The third-order valence-corrected chi connectivity index (χ3v) is 4.95. The summed E-state index contributed by atoms with van der Waals surface area (Å²) >= 11 is 0. The largest absolute Gasteiger partial charge is 0.325 e. The molecule has 0 radical (unpaired) electrons. The SMILES string of the molecule is CCc1ccccc1NC(=O)CN1C(=O)N[C@](CC)(c2ccccc2)C1=O. The number of hydrogen-bond acceptors (Lipinski definition) is 3. The number of anilines is 1. The van der Waals surface area contributed by atoms with Crippen LogP contribution in [0.4, 0.5) is 10.5 Å². The molecule has 0 aromatic heterocycles. The van der Waals surface area contributed by atoms with Crippen LogP contribution in [0, 0.1) is 0 Å². The van der Waals surface area contributed by atoms with Crippen LogP contribution in [0.5, 0.6) is 0 Å². The van der Waals surface area contributed by atoms with Gasteiger partial charge in [0.15, 0.2) is 0 Å². The number of hydrogen-bond donors (Lipinski definition) is 2. The molecule has 1 heterocycles. The Balaban J connectivity index is 1.78. The molecule has 0 spiro atoms. The summed E-state index contributed by atoms with van der Waals surface area (Å²) in [5, 5.41) is 5.58. The van der Waals surface area contributed by atoms with Crippen LogP contribution in [0.2, 0.25) is 0 Å². The van der Waals surface area contributed by atoms with E-state index in [-0.39, 0.29) is 6.54 Å². The van der Waals surface area contributed by atoms with E-state index in [2.05, 4.69) is 10.6 Å². The highest BCUT2D eigenvalue weighted by molar-refractivity contribution is 6.10. The molecule has 1 atom stereocenters. The van der Waals surface area contributed by atoms with Crippen molar-refractivity contribution in [3.8, 4) is 0 Å². The fraction of sp³-hybridized carbons (Fsp3) is 0.286. The van der Waals surface area contributed by atoms with Gasteiger partial charge in [0.25, 0.3) is 5.91 Å². The van der Waals surface area contributed by atoms with Gasteiger partial charge < -0.3 is 10.6 Å². The van der Waals surface area contributed by atoms with Crippen molar-refractivity contribution in [3.63, 3.8) is 0 Å². The van der Waals surface area contributed by atoms with Gasteiger partial charge in [-0.25, -0.2) is 4.79 Å². The van der Waals surface area contributed by atoms with E-state index in [1.54, 1.807) is 0 Å². The third kappa shape index (κ3) is 3.43. The maximum Gasteiger partial charge on any atom is 0.325 e. The number of nitrogens with one attached hydrogen (secondary N) is 2. The molecule has 1 aliphatic rings. The molecule has 27 heavy (non-hydrogen) atoms. The summed E-state index contributed by atoms with van der Waals surface area (Å²) in [6, 6.07) is 16.0. The highest BCUT2D eigenvalue weighted by atomic mass is 16.2. The van der Waals surface area contributed by atoms with Crippen LogP contribution >= 0.6 is 0 Å². The summed E-state index contributed by atoms with van der Waals surface area (Å²) in [7, 11) is 0. The number of urea groups is 1. The molecule has 2 aromatic rings.